The lowest BCUT2D eigenvalue weighted by Gasteiger charge is -2.32. The highest BCUT2D eigenvalue weighted by molar-refractivity contribution is 5.90. The van der Waals surface area contributed by atoms with E-state index in [4.69, 9.17) is 10.3 Å². The fourth-order valence-corrected chi connectivity index (χ4v) is 4.00. The third-order valence-corrected chi connectivity index (χ3v) is 6.05. The average Bonchev–Trinajstić information content (AvgIpc) is 3.32. The molecule has 0 bridgehead atoms. The van der Waals surface area contributed by atoms with Crippen molar-refractivity contribution in [3.05, 3.63) is 54.0 Å². The number of aromatic nitrogens is 3. The van der Waals surface area contributed by atoms with Crippen LogP contribution in [0, 0.1) is 5.92 Å². The first kappa shape index (κ1) is 23.4. The molecule has 1 atom stereocenters. The van der Waals surface area contributed by atoms with Crippen LogP contribution in [0.2, 0.25) is 0 Å². The van der Waals surface area contributed by atoms with Crippen molar-refractivity contribution in [3.8, 4) is 11.4 Å². The number of pyridine rings is 1. The molecule has 9 nitrogen and oxygen atoms in total. The summed E-state index contributed by atoms with van der Waals surface area (Å²) in [6, 6.07) is 11.7. The number of carbonyl (C=O) groups excluding carboxylic acids is 2. The number of nitrogens with two attached hydrogens (primary N) is 1. The molecule has 3 N–H and O–H groups in total. The van der Waals surface area contributed by atoms with Gasteiger partial charge in [0, 0.05) is 31.5 Å². The first-order chi connectivity index (χ1) is 16.4. The summed E-state index contributed by atoms with van der Waals surface area (Å²) < 4.78 is 5.31. The maximum Gasteiger partial charge on any atom is 0.227 e. The molecule has 178 valence electrons. The SMILES string of the molecule is CC(C)c1ccc(-c2noc(CCC(=O)Nc3ccc(N4CCCC(C(N)=O)C4)nc3)n2)cc1. The summed E-state index contributed by atoms with van der Waals surface area (Å²) in [6.07, 6.45) is 3.88. The molecule has 1 unspecified atom stereocenters. The predicted molar refractivity (Wildman–Crippen MR) is 129 cm³/mol. The number of hydrogen-bond donors (Lipinski definition) is 2. The van der Waals surface area contributed by atoms with Gasteiger partial charge < -0.3 is 20.5 Å². The Morgan fingerprint density at radius 2 is 2.00 bits per heavy atom. The average molecular weight is 463 g/mol. The van der Waals surface area contributed by atoms with E-state index >= 15 is 0 Å². The summed E-state index contributed by atoms with van der Waals surface area (Å²) in [4.78, 5) is 34.8. The molecule has 0 spiro atoms. The number of anilines is 2. The molecule has 0 saturated carbocycles. The lowest BCUT2D eigenvalue weighted by atomic mass is 9.97. The second kappa shape index (κ2) is 10.5. The van der Waals surface area contributed by atoms with E-state index in [1.54, 1.807) is 12.3 Å². The van der Waals surface area contributed by atoms with E-state index in [0.717, 1.165) is 30.8 Å². The van der Waals surface area contributed by atoms with Crippen molar-refractivity contribution in [2.75, 3.05) is 23.3 Å². The highest BCUT2D eigenvalue weighted by Crippen LogP contribution is 2.23. The Morgan fingerprint density at radius 1 is 1.21 bits per heavy atom. The van der Waals surface area contributed by atoms with Gasteiger partial charge in [-0.25, -0.2) is 4.98 Å². The molecule has 1 fully saturated rings. The summed E-state index contributed by atoms with van der Waals surface area (Å²) in [6.45, 7) is 5.69. The second-order valence-corrected chi connectivity index (χ2v) is 8.93. The number of piperidine rings is 1. The Bertz CT molecular complexity index is 1120. The van der Waals surface area contributed by atoms with E-state index in [0.29, 0.717) is 36.3 Å². The van der Waals surface area contributed by atoms with Crippen LogP contribution < -0.4 is 16.0 Å². The zero-order chi connectivity index (χ0) is 24.1. The van der Waals surface area contributed by atoms with E-state index < -0.39 is 0 Å². The number of nitrogens with zero attached hydrogens (tertiary/aromatic N) is 4. The molecule has 0 aliphatic carbocycles. The molecule has 3 heterocycles. The van der Waals surface area contributed by atoms with Crippen molar-refractivity contribution in [3.63, 3.8) is 0 Å². The molecule has 2 amide bonds. The molecule has 1 aliphatic rings. The highest BCUT2D eigenvalue weighted by atomic mass is 16.5. The maximum atomic E-state index is 12.4. The van der Waals surface area contributed by atoms with Gasteiger partial charge in [-0.2, -0.15) is 4.98 Å². The van der Waals surface area contributed by atoms with Crippen LogP contribution in [0.25, 0.3) is 11.4 Å². The molecular formula is C25H30N6O3. The van der Waals surface area contributed by atoms with Gasteiger partial charge in [0.2, 0.25) is 23.5 Å². The van der Waals surface area contributed by atoms with Crippen molar-refractivity contribution in [2.24, 2.45) is 11.7 Å². The number of aryl methyl sites for hydroxylation is 1. The molecule has 1 aliphatic heterocycles. The number of primary amides is 1. The molecule has 0 radical (unpaired) electrons. The smallest absolute Gasteiger partial charge is 0.227 e. The molecule has 34 heavy (non-hydrogen) atoms. The van der Waals surface area contributed by atoms with Crippen LogP contribution in [0.5, 0.6) is 0 Å². The standard InChI is InChI=1S/C25H30N6O3/c1-16(2)17-5-7-18(8-6-17)25-29-23(34-30-25)12-11-22(32)28-20-9-10-21(27-14-20)31-13-3-4-19(15-31)24(26)33/h5-10,14,16,19H,3-4,11-13,15H2,1-2H3,(H2,26,33)(H,28,32). The van der Waals surface area contributed by atoms with E-state index in [2.05, 4.69) is 46.4 Å². The van der Waals surface area contributed by atoms with Crippen LogP contribution in [0.4, 0.5) is 11.5 Å². The van der Waals surface area contributed by atoms with E-state index in [1.165, 1.54) is 5.56 Å². The monoisotopic (exact) mass is 462 g/mol. The van der Waals surface area contributed by atoms with Gasteiger partial charge >= 0.3 is 0 Å². The first-order valence-corrected chi connectivity index (χ1v) is 11.6. The first-order valence-electron chi connectivity index (χ1n) is 11.6. The zero-order valence-corrected chi connectivity index (χ0v) is 19.5. The lowest BCUT2D eigenvalue weighted by Crippen LogP contribution is -2.41. The number of rotatable bonds is 8. The van der Waals surface area contributed by atoms with Crippen LogP contribution in [0.3, 0.4) is 0 Å². The summed E-state index contributed by atoms with van der Waals surface area (Å²) in [5.41, 5.74) is 8.19. The van der Waals surface area contributed by atoms with Gasteiger partial charge in [0.1, 0.15) is 5.82 Å². The lowest BCUT2D eigenvalue weighted by molar-refractivity contribution is -0.122. The van der Waals surface area contributed by atoms with E-state index in [-0.39, 0.29) is 24.2 Å². The Balaban J connectivity index is 1.28. The minimum absolute atomic E-state index is 0.153. The molecule has 4 rings (SSSR count). The Labute approximate surface area is 198 Å². The van der Waals surface area contributed by atoms with Crippen molar-refractivity contribution in [1.29, 1.82) is 0 Å². The van der Waals surface area contributed by atoms with Gasteiger partial charge in [-0.3, -0.25) is 9.59 Å². The van der Waals surface area contributed by atoms with Crippen molar-refractivity contribution in [1.82, 2.24) is 15.1 Å². The quantitative estimate of drug-likeness (QED) is 0.524. The summed E-state index contributed by atoms with van der Waals surface area (Å²) in [7, 11) is 0. The van der Waals surface area contributed by atoms with Gasteiger partial charge in [0.25, 0.3) is 0 Å². The summed E-state index contributed by atoms with van der Waals surface area (Å²) >= 11 is 0. The van der Waals surface area contributed by atoms with Gasteiger partial charge in [-0.05, 0) is 36.5 Å². The van der Waals surface area contributed by atoms with Crippen LogP contribution in [-0.4, -0.2) is 40.0 Å². The van der Waals surface area contributed by atoms with Crippen molar-refractivity contribution >= 4 is 23.3 Å². The summed E-state index contributed by atoms with van der Waals surface area (Å²) in [5.74, 6) is 1.57. The topological polar surface area (TPSA) is 127 Å². The van der Waals surface area contributed by atoms with Crippen LogP contribution >= 0.6 is 0 Å². The normalized spacial score (nSPS) is 16.0. The second-order valence-electron chi connectivity index (χ2n) is 8.93. The number of nitrogens with one attached hydrogen (secondary N) is 1. The largest absolute Gasteiger partial charge is 0.369 e. The fourth-order valence-electron chi connectivity index (χ4n) is 4.00. The molecule has 1 saturated heterocycles. The van der Waals surface area contributed by atoms with Crippen LogP contribution in [0.1, 0.15) is 50.5 Å². The van der Waals surface area contributed by atoms with Crippen LogP contribution in [-0.2, 0) is 16.0 Å². The number of hydrogen-bond acceptors (Lipinski definition) is 7. The number of amides is 2. The predicted octanol–water partition coefficient (Wildman–Crippen LogP) is 3.53. The third-order valence-electron chi connectivity index (χ3n) is 6.05. The maximum absolute atomic E-state index is 12.4. The minimum Gasteiger partial charge on any atom is -0.369 e. The van der Waals surface area contributed by atoms with Gasteiger partial charge in [0.05, 0.1) is 17.8 Å². The van der Waals surface area contributed by atoms with E-state index in [9.17, 15) is 9.59 Å². The van der Waals surface area contributed by atoms with Gasteiger partial charge in [-0.15, -0.1) is 0 Å². The Hall–Kier alpha value is -3.75. The van der Waals surface area contributed by atoms with Crippen molar-refractivity contribution < 1.29 is 14.1 Å². The zero-order valence-electron chi connectivity index (χ0n) is 19.5. The van der Waals surface area contributed by atoms with Gasteiger partial charge in [-0.1, -0.05) is 43.3 Å². The summed E-state index contributed by atoms with van der Waals surface area (Å²) in [5, 5.41) is 6.87. The Morgan fingerprint density at radius 3 is 2.68 bits per heavy atom. The number of benzene rings is 1. The molecular weight excluding hydrogens is 432 g/mol. The van der Waals surface area contributed by atoms with Crippen molar-refractivity contribution in [2.45, 2.75) is 45.4 Å². The minimum atomic E-state index is -0.272. The third kappa shape index (κ3) is 5.78. The number of carbonyl (C=O) groups is 2. The highest BCUT2D eigenvalue weighted by Gasteiger charge is 2.24. The molecule has 2 aromatic heterocycles. The molecule has 3 aromatic rings. The fraction of sp³-hybridized carbons (Fsp3) is 0.400. The van der Waals surface area contributed by atoms with Crippen LogP contribution in [0.15, 0.2) is 47.1 Å². The van der Waals surface area contributed by atoms with E-state index in [1.807, 2.05) is 23.1 Å². The molecule has 9 heteroatoms. The Kier molecular flexibility index (Phi) is 7.20. The van der Waals surface area contributed by atoms with Gasteiger partial charge in [0.15, 0.2) is 0 Å². The molecule has 1 aromatic carbocycles.